The molecule has 0 aliphatic rings. The van der Waals surface area contributed by atoms with Crippen molar-refractivity contribution in [3.05, 3.63) is 81.2 Å². The van der Waals surface area contributed by atoms with Gasteiger partial charge in [-0.3, -0.25) is 4.79 Å². The maximum absolute atomic E-state index is 12.6. The highest BCUT2D eigenvalue weighted by Crippen LogP contribution is 2.32. The average Bonchev–Trinajstić information content (AvgIpc) is 3.06. The summed E-state index contributed by atoms with van der Waals surface area (Å²) in [6.07, 6.45) is 0. The van der Waals surface area contributed by atoms with E-state index in [4.69, 9.17) is 11.6 Å². The van der Waals surface area contributed by atoms with Crippen molar-refractivity contribution in [3.8, 4) is 11.1 Å². The zero-order valence-corrected chi connectivity index (χ0v) is 15.4. The van der Waals surface area contributed by atoms with Gasteiger partial charge in [-0.25, -0.2) is 4.98 Å². The Balaban J connectivity index is 1.67. The Bertz CT molecular complexity index is 1090. The average molecular weight is 385 g/mol. The molecule has 124 valence electrons. The third-order valence-corrected chi connectivity index (χ3v) is 6.18. The van der Waals surface area contributed by atoms with Crippen molar-refractivity contribution in [3.63, 3.8) is 0 Å². The van der Waals surface area contributed by atoms with Gasteiger partial charge < -0.3 is 4.98 Å². The lowest BCUT2D eigenvalue weighted by Crippen LogP contribution is -2.10. The monoisotopic (exact) mass is 384 g/mol. The molecule has 0 saturated carbocycles. The highest BCUT2D eigenvalue weighted by molar-refractivity contribution is 7.98. The lowest BCUT2D eigenvalue weighted by molar-refractivity contribution is 1.05. The zero-order valence-electron chi connectivity index (χ0n) is 13.0. The Hall–Kier alpha value is -2.08. The van der Waals surface area contributed by atoms with E-state index >= 15 is 0 Å². The third kappa shape index (κ3) is 3.35. The smallest absolute Gasteiger partial charge is 0.260 e. The number of H-pyrrole nitrogens is 1. The molecule has 0 saturated heterocycles. The van der Waals surface area contributed by atoms with Crippen molar-refractivity contribution in [1.82, 2.24) is 9.97 Å². The second kappa shape index (κ2) is 7.04. The molecule has 0 aliphatic carbocycles. The summed E-state index contributed by atoms with van der Waals surface area (Å²) in [6, 6.07) is 17.6. The zero-order chi connectivity index (χ0) is 17.2. The number of nitrogens with zero attached hydrogens (tertiary/aromatic N) is 1. The molecule has 0 amide bonds. The molecule has 0 bridgehead atoms. The van der Waals surface area contributed by atoms with Crippen LogP contribution in [0, 0.1) is 0 Å². The van der Waals surface area contributed by atoms with Gasteiger partial charge in [0.15, 0.2) is 0 Å². The predicted octanol–water partition coefficient (Wildman–Crippen LogP) is 5.60. The number of nitrogens with one attached hydrogen (secondary N) is 1. The van der Waals surface area contributed by atoms with Crippen molar-refractivity contribution < 1.29 is 0 Å². The number of halogens is 1. The summed E-state index contributed by atoms with van der Waals surface area (Å²) >= 11 is 9.23. The molecule has 0 fully saturated rings. The van der Waals surface area contributed by atoms with Crippen LogP contribution in [0.1, 0.15) is 5.82 Å². The molecule has 0 aliphatic heterocycles. The maximum atomic E-state index is 12.6. The Morgan fingerprint density at radius 2 is 1.84 bits per heavy atom. The first-order chi connectivity index (χ1) is 12.2. The number of rotatable bonds is 4. The van der Waals surface area contributed by atoms with Crippen molar-refractivity contribution in [2.45, 2.75) is 10.6 Å². The molecule has 0 atom stereocenters. The van der Waals surface area contributed by atoms with Gasteiger partial charge in [0.1, 0.15) is 10.7 Å². The van der Waals surface area contributed by atoms with Gasteiger partial charge in [-0.15, -0.1) is 23.1 Å². The first-order valence-corrected chi connectivity index (χ1v) is 9.90. The quantitative estimate of drug-likeness (QED) is 0.466. The number of aromatic amines is 1. The van der Waals surface area contributed by atoms with Crippen LogP contribution >= 0.6 is 34.7 Å². The van der Waals surface area contributed by atoms with Crippen molar-refractivity contribution in [2.75, 3.05) is 0 Å². The maximum Gasteiger partial charge on any atom is 0.260 e. The molecule has 1 N–H and O–H groups in total. The van der Waals surface area contributed by atoms with Gasteiger partial charge in [0.25, 0.3) is 5.56 Å². The van der Waals surface area contributed by atoms with Gasteiger partial charge in [0.2, 0.25) is 0 Å². The fourth-order valence-electron chi connectivity index (χ4n) is 2.60. The van der Waals surface area contributed by atoms with Gasteiger partial charge in [0.05, 0.1) is 16.2 Å². The van der Waals surface area contributed by atoms with Crippen LogP contribution in [0.2, 0.25) is 5.02 Å². The summed E-state index contributed by atoms with van der Waals surface area (Å²) in [6.45, 7) is 0. The van der Waals surface area contributed by atoms with Crippen LogP contribution in [0.25, 0.3) is 21.3 Å². The number of hydrogen-bond donors (Lipinski definition) is 1. The van der Waals surface area contributed by atoms with Crippen LogP contribution in [0.5, 0.6) is 0 Å². The van der Waals surface area contributed by atoms with Gasteiger partial charge in [-0.1, -0.05) is 54.1 Å². The van der Waals surface area contributed by atoms with Gasteiger partial charge in [-0.2, -0.15) is 0 Å². The summed E-state index contributed by atoms with van der Waals surface area (Å²) in [7, 11) is 0. The van der Waals surface area contributed by atoms with Crippen molar-refractivity contribution in [1.29, 1.82) is 0 Å². The van der Waals surface area contributed by atoms with Crippen molar-refractivity contribution in [2.24, 2.45) is 0 Å². The van der Waals surface area contributed by atoms with E-state index in [9.17, 15) is 4.79 Å². The largest absolute Gasteiger partial charge is 0.309 e. The molecule has 25 heavy (non-hydrogen) atoms. The molecule has 2 aromatic heterocycles. The van der Waals surface area contributed by atoms with Crippen LogP contribution in [0.3, 0.4) is 0 Å². The van der Waals surface area contributed by atoms with Crippen LogP contribution in [0.15, 0.2) is 69.7 Å². The summed E-state index contributed by atoms with van der Waals surface area (Å²) in [5.41, 5.74) is 1.86. The standard InChI is InChI=1S/C19H13ClN2OS2/c20-14-8-4-5-9-15(14)24-11-16-21-18(23)17-13(10-25-19(17)22-16)12-6-2-1-3-7-12/h1-10H,11H2,(H,21,22,23). The topological polar surface area (TPSA) is 45.8 Å². The van der Waals surface area contributed by atoms with Crippen LogP contribution in [-0.4, -0.2) is 9.97 Å². The molecular weight excluding hydrogens is 372 g/mol. The SMILES string of the molecule is O=c1[nH]c(CSc2ccccc2Cl)nc2scc(-c3ccccc3)c12. The number of fused-ring (bicyclic) bond motifs is 1. The van der Waals surface area contributed by atoms with Gasteiger partial charge >= 0.3 is 0 Å². The third-order valence-electron chi connectivity index (χ3n) is 3.78. The molecule has 4 rings (SSSR count). The number of thioether (sulfide) groups is 1. The normalized spacial score (nSPS) is 11.1. The Morgan fingerprint density at radius 1 is 1.08 bits per heavy atom. The molecule has 0 spiro atoms. The summed E-state index contributed by atoms with van der Waals surface area (Å²) < 4.78 is 0. The van der Waals surface area contributed by atoms with E-state index in [1.807, 2.05) is 60.0 Å². The number of benzene rings is 2. The summed E-state index contributed by atoms with van der Waals surface area (Å²) in [5.74, 6) is 1.22. The predicted molar refractivity (Wildman–Crippen MR) is 107 cm³/mol. The molecule has 6 heteroatoms. The van der Waals surface area contributed by atoms with E-state index < -0.39 is 0 Å². The Morgan fingerprint density at radius 3 is 2.64 bits per heavy atom. The fraction of sp³-hybridized carbons (Fsp3) is 0.0526. The second-order valence-corrected chi connectivity index (χ2v) is 7.71. The molecular formula is C19H13ClN2OS2. The highest BCUT2D eigenvalue weighted by Gasteiger charge is 2.13. The minimum atomic E-state index is -0.0974. The lowest BCUT2D eigenvalue weighted by Gasteiger charge is -2.04. The van der Waals surface area contributed by atoms with E-state index in [-0.39, 0.29) is 5.56 Å². The first-order valence-electron chi connectivity index (χ1n) is 7.65. The van der Waals surface area contributed by atoms with E-state index in [1.165, 1.54) is 11.3 Å². The van der Waals surface area contributed by atoms with Gasteiger partial charge in [0, 0.05) is 15.8 Å². The van der Waals surface area contributed by atoms with Crippen molar-refractivity contribution >= 4 is 44.9 Å². The Labute approximate surface area is 157 Å². The van der Waals surface area contributed by atoms with E-state index in [2.05, 4.69) is 9.97 Å². The number of hydrogen-bond acceptors (Lipinski definition) is 4. The van der Waals surface area contributed by atoms with E-state index in [1.54, 1.807) is 11.8 Å². The molecule has 2 heterocycles. The fourth-order valence-corrected chi connectivity index (χ4v) is 4.68. The molecule has 4 aromatic rings. The summed E-state index contributed by atoms with van der Waals surface area (Å²) in [4.78, 5) is 21.9. The minimum absolute atomic E-state index is 0.0974. The van der Waals surface area contributed by atoms with E-state index in [0.717, 1.165) is 20.9 Å². The number of thiophene rings is 1. The number of aromatic nitrogens is 2. The minimum Gasteiger partial charge on any atom is -0.309 e. The molecule has 0 unspecified atom stereocenters. The van der Waals surface area contributed by atoms with Gasteiger partial charge in [-0.05, 0) is 17.7 Å². The molecule has 3 nitrogen and oxygen atoms in total. The summed E-state index contributed by atoms with van der Waals surface area (Å²) in [5, 5.41) is 3.36. The molecule has 0 radical (unpaired) electrons. The van der Waals surface area contributed by atoms with E-state index in [0.29, 0.717) is 22.0 Å². The highest BCUT2D eigenvalue weighted by atomic mass is 35.5. The Kier molecular flexibility index (Phi) is 4.61. The molecule has 2 aromatic carbocycles. The lowest BCUT2D eigenvalue weighted by atomic mass is 10.1. The second-order valence-electron chi connectivity index (χ2n) is 5.43. The van der Waals surface area contributed by atoms with Crippen LogP contribution in [0.4, 0.5) is 0 Å². The first kappa shape index (κ1) is 16.4. The van der Waals surface area contributed by atoms with Crippen LogP contribution in [-0.2, 0) is 5.75 Å². The van der Waals surface area contributed by atoms with Crippen LogP contribution < -0.4 is 5.56 Å².